The Balaban J connectivity index is 1.62. The summed E-state index contributed by atoms with van der Waals surface area (Å²) in [5.74, 6) is 0.859. The molecular formula is C18H34N2O. The molecule has 0 bridgehead atoms. The number of aliphatic hydroxyl groups is 1. The Labute approximate surface area is 130 Å². The van der Waals surface area contributed by atoms with Gasteiger partial charge in [0.05, 0.1) is 0 Å². The van der Waals surface area contributed by atoms with Crippen molar-refractivity contribution in [2.24, 2.45) is 11.3 Å². The Morgan fingerprint density at radius 2 is 1.81 bits per heavy atom. The second kappa shape index (κ2) is 6.55. The maximum absolute atomic E-state index is 10.0. The maximum atomic E-state index is 10.0. The van der Waals surface area contributed by atoms with Crippen LogP contribution in [0, 0.1) is 11.3 Å². The van der Waals surface area contributed by atoms with Gasteiger partial charge < -0.3 is 5.11 Å². The maximum Gasteiger partial charge on any atom is 0.0499 e. The van der Waals surface area contributed by atoms with E-state index in [-0.39, 0.29) is 5.41 Å². The highest BCUT2D eigenvalue weighted by Crippen LogP contribution is 2.40. The lowest BCUT2D eigenvalue weighted by molar-refractivity contribution is -0.0339. The summed E-state index contributed by atoms with van der Waals surface area (Å²) in [6.45, 7) is 10.1. The Bertz CT molecular complexity index is 338. The van der Waals surface area contributed by atoms with Crippen LogP contribution in [0.4, 0.5) is 0 Å². The van der Waals surface area contributed by atoms with E-state index in [0.717, 1.165) is 18.5 Å². The Kier molecular flexibility index (Phi) is 4.92. The minimum atomic E-state index is 0.192. The summed E-state index contributed by atoms with van der Waals surface area (Å²) in [4.78, 5) is 5.43. The van der Waals surface area contributed by atoms with E-state index in [2.05, 4.69) is 23.6 Å². The van der Waals surface area contributed by atoms with Gasteiger partial charge in [-0.05, 0) is 45.1 Å². The first-order valence-electron chi connectivity index (χ1n) is 9.21. The molecule has 0 spiro atoms. The fraction of sp³-hybridized carbons (Fsp3) is 1.00. The van der Waals surface area contributed by atoms with Gasteiger partial charge in [0, 0.05) is 43.7 Å². The lowest BCUT2D eigenvalue weighted by Crippen LogP contribution is -2.60. The van der Waals surface area contributed by atoms with Gasteiger partial charge >= 0.3 is 0 Å². The number of nitrogens with zero attached hydrogens (tertiary/aromatic N) is 2. The van der Waals surface area contributed by atoms with Gasteiger partial charge in [0.1, 0.15) is 0 Å². The Hall–Kier alpha value is -0.120. The normalized spacial score (nSPS) is 42.7. The fourth-order valence-electron chi connectivity index (χ4n) is 4.80. The van der Waals surface area contributed by atoms with Crippen LogP contribution in [0.2, 0.25) is 0 Å². The monoisotopic (exact) mass is 294 g/mol. The number of hydrogen-bond acceptors (Lipinski definition) is 3. The van der Waals surface area contributed by atoms with Crippen molar-refractivity contribution in [1.29, 1.82) is 0 Å². The van der Waals surface area contributed by atoms with Crippen LogP contribution in [0.1, 0.15) is 58.8 Å². The third-order valence-electron chi connectivity index (χ3n) is 6.53. The lowest BCUT2D eigenvalue weighted by Gasteiger charge is -2.51. The van der Waals surface area contributed by atoms with Crippen molar-refractivity contribution >= 4 is 0 Å². The van der Waals surface area contributed by atoms with Gasteiger partial charge in [-0.15, -0.1) is 0 Å². The van der Waals surface area contributed by atoms with Crippen LogP contribution in [-0.2, 0) is 0 Å². The SMILES string of the molecule is CC1CCC(CO)(CN2CC3CCCCN3CC2C)CC1. The van der Waals surface area contributed by atoms with E-state index in [1.54, 1.807) is 0 Å². The molecule has 3 fully saturated rings. The van der Waals surface area contributed by atoms with E-state index >= 15 is 0 Å². The van der Waals surface area contributed by atoms with Crippen LogP contribution < -0.4 is 0 Å². The van der Waals surface area contributed by atoms with Crippen molar-refractivity contribution in [2.45, 2.75) is 70.9 Å². The zero-order valence-corrected chi connectivity index (χ0v) is 14.1. The molecule has 0 aromatic rings. The molecule has 0 aromatic heterocycles. The first kappa shape index (κ1) is 15.8. The number of piperidine rings is 1. The molecule has 2 unspecified atom stereocenters. The van der Waals surface area contributed by atoms with Crippen LogP contribution in [0.15, 0.2) is 0 Å². The summed E-state index contributed by atoms with van der Waals surface area (Å²) in [7, 11) is 0. The molecular weight excluding hydrogens is 260 g/mol. The van der Waals surface area contributed by atoms with Gasteiger partial charge in [-0.1, -0.05) is 26.2 Å². The van der Waals surface area contributed by atoms with Gasteiger partial charge in [0.2, 0.25) is 0 Å². The molecule has 0 amide bonds. The van der Waals surface area contributed by atoms with Gasteiger partial charge in [0.15, 0.2) is 0 Å². The second-order valence-corrected chi connectivity index (χ2v) is 8.26. The van der Waals surface area contributed by atoms with Crippen molar-refractivity contribution in [3.63, 3.8) is 0 Å². The third kappa shape index (κ3) is 3.46. The van der Waals surface area contributed by atoms with Crippen LogP contribution in [0.25, 0.3) is 0 Å². The molecule has 2 aliphatic heterocycles. The highest BCUT2D eigenvalue weighted by atomic mass is 16.3. The Morgan fingerprint density at radius 1 is 1.05 bits per heavy atom. The van der Waals surface area contributed by atoms with Crippen molar-refractivity contribution in [2.75, 3.05) is 32.8 Å². The molecule has 21 heavy (non-hydrogen) atoms. The van der Waals surface area contributed by atoms with Gasteiger partial charge in [-0.25, -0.2) is 0 Å². The molecule has 1 N–H and O–H groups in total. The highest BCUT2D eigenvalue weighted by Gasteiger charge is 2.39. The van der Waals surface area contributed by atoms with Crippen LogP contribution in [0.3, 0.4) is 0 Å². The number of aliphatic hydroxyl groups excluding tert-OH is 1. The van der Waals surface area contributed by atoms with E-state index in [1.165, 1.54) is 64.6 Å². The number of rotatable bonds is 3. The summed E-state index contributed by atoms with van der Waals surface area (Å²) in [6, 6.07) is 1.44. The van der Waals surface area contributed by atoms with Crippen molar-refractivity contribution in [3.8, 4) is 0 Å². The van der Waals surface area contributed by atoms with Gasteiger partial charge in [-0.3, -0.25) is 9.80 Å². The van der Waals surface area contributed by atoms with E-state index in [4.69, 9.17) is 0 Å². The number of piperazine rings is 1. The van der Waals surface area contributed by atoms with E-state index in [9.17, 15) is 5.11 Å². The van der Waals surface area contributed by atoms with E-state index < -0.39 is 0 Å². The van der Waals surface area contributed by atoms with E-state index in [0.29, 0.717) is 12.6 Å². The zero-order chi connectivity index (χ0) is 14.9. The molecule has 122 valence electrons. The largest absolute Gasteiger partial charge is 0.396 e. The van der Waals surface area contributed by atoms with Crippen molar-refractivity contribution in [1.82, 2.24) is 9.80 Å². The quantitative estimate of drug-likeness (QED) is 0.867. The molecule has 3 nitrogen and oxygen atoms in total. The molecule has 0 aromatic carbocycles. The van der Waals surface area contributed by atoms with Crippen molar-refractivity contribution < 1.29 is 5.11 Å². The zero-order valence-electron chi connectivity index (χ0n) is 14.1. The predicted molar refractivity (Wildman–Crippen MR) is 87.4 cm³/mol. The first-order chi connectivity index (χ1) is 10.1. The summed E-state index contributed by atoms with van der Waals surface area (Å²) < 4.78 is 0. The number of hydrogen-bond donors (Lipinski definition) is 1. The topological polar surface area (TPSA) is 26.7 Å². The van der Waals surface area contributed by atoms with Crippen LogP contribution in [0.5, 0.6) is 0 Å². The Morgan fingerprint density at radius 3 is 2.52 bits per heavy atom. The van der Waals surface area contributed by atoms with Crippen LogP contribution >= 0.6 is 0 Å². The highest BCUT2D eigenvalue weighted by molar-refractivity contribution is 4.94. The minimum Gasteiger partial charge on any atom is -0.396 e. The molecule has 0 radical (unpaired) electrons. The van der Waals surface area contributed by atoms with Crippen LogP contribution in [-0.4, -0.2) is 59.8 Å². The smallest absolute Gasteiger partial charge is 0.0499 e. The molecule has 1 saturated carbocycles. The summed E-state index contributed by atoms with van der Waals surface area (Å²) in [5.41, 5.74) is 0.192. The molecule has 3 aliphatic rings. The molecule has 2 heterocycles. The second-order valence-electron chi connectivity index (χ2n) is 8.26. The predicted octanol–water partition coefficient (Wildman–Crippen LogP) is 2.73. The molecule has 2 atom stereocenters. The molecule has 1 aliphatic carbocycles. The third-order valence-corrected chi connectivity index (χ3v) is 6.53. The standard InChI is InChI=1S/C18H34N2O/c1-15-6-8-18(14-21,9-7-15)13-20-12-17-5-3-4-10-19(17)11-16(20)2/h15-17,21H,3-14H2,1-2H3. The summed E-state index contributed by atoms with van der Waals surface area (Å²) in [5, 5.41) is 10.0. The lowest BCUT2D eigenvalue weighted by atomic mass is 9.70. The number of fused-ring (bicyclic) bond motifs is 1. The average Bonchev–Trinajstić information content (AvgIpc) is 2.50. The minimum absolute atomic E-state index is 0.192. The fourth-order valence-corrected chi connectivity index (χ4v) is 4.80. The molecule has 2 saturated heterocycles. The van der Waals surface area contributed by atoms with E-state index in [1.807, 2.05) is 0 Å². The molecule has 3 rings (SSSR count). The average molecular weight is 294 g/mol. The van der Waals surface area contributed by atoms with Gasteiger partial charge in [0.25, 0.3) is 0 Å². The first-order valence-corrected chi connectivity index (χ1v) is 9.21. The summed E-state index contributed by atoms with van der Waals surface area (Å²) >= 11 is 0. The van der Waals surface area contributed by atoms with Crippen molar-refractivity contribution in [3.05, 3.63) is 0 Å². The van der Waals surface area contributed by atoms with Gasteiger partial charge in [-0.2, -0.15) is 0 Å². The molecule has 3 heteroatoms. The summed E-state index contributed by atoms with van der Waals surface area (Å²) in [6.07, 6.45) is 9.24.